The number of hydrogen-bond donors (Lipinski definition) is 0. The van der Waals surface area contributed by atoms with Gasteiger partial charge in [0.25, 0.3) is 0 Å². The molecule has 1 nitrogen and oxygen atoms in total. The molecule has 0 saturated carbocycles. The summed E-state index contributed by atoms with van der Waals surface area (Å²) in [4.78, 5) is 5.47. The summed E-state index contributed by atoms with van der Waals surface area (Å²) < 4.78 is 0. The quantitative estimate of drug-likeness (QED) is 0.317. The molecule has 0 spiro atoms. The molecule has 4 aromatic carbocycles. The van der Waals surface area contributed by atoms with Gasteiger partial charge in [0, 0.05) is 0 Å². The predicted molar refractivity (Wildman–Crippen MR) is 136 cm³/mol. The van der Waals surface area contributed by atoms with Crippen LogP contribution in [0.1, 0.15) is 0 Å². The summed E-state index contributed by atoms with van der Waals surface area (Å²) in [7, 11) is 0. The number of nitrogens with zero attached hydrogens (tertiary/aromatic N) is 1. The average molecular weight is 472 g/mol. The van der Waals surface area contributed by atoms with Gasteiger partial charge in [-0.05, 0) is 21.2 Å². The van der Waals surface area contributed by atoms with Gasteiger partial charge in [0.05, 0.1) is 0 Å². The normalized spacial score (nSPS) is 11.5. The van der Waals surface area contributed by atoms with Crippen molar-refractivity contribution in [1.29, 1.82) is 0 Å². The van der Waals surface area contributed by atoms with Crippen molar-refractivity contribution in [3.63, 3.8) is 0 Å². The van der Waals surface area contributed by atoms with E-state index in [-0.39, 0.29) is 29.6 Å². The molecule has 4 rings (SSSR count). The first-order valence-corrected chi connectivity index (χ1v) is 14.8. The van der Waals surface area contributed by atoms with Gasteiger partial charge in [-0.2, -0.15) is 0 Å². The molecule has 0 fully saturated rings. The van der Waals surface area contributed by atoms with Gasteiger partial charge >= 0.3 is 29.6 Å². The second kappa shape index (κ2) is 10.6. The first-order valence-electron chi connectivity index (χ1n) is 9.30. The largest absolute Gasteiger partial charge is 1.00 e. The van der Waals surface area contributed by atoms with Crippen molar-refractivity contribution in [1.82, 2.24) is 0 Å². The molecular formula is C24H20NNaP2S2. The van der Waals surface area contributed by atoms with E-state index in [9.17, 15) is 0 Å². The number of rotatable bonds is 6. The second-order valence-corrected chi connectivity index (χ2v) is 14.8. The van der Waals surface area contributed by atoms with Gasteiger partial charge in [-0.15, -0.1) is 23.6 Å². The fourth-order valence-electron chi connectivity index (χ4n) is 3.20. The maximum absolute atomic E-state index is 6.39. The van der Waals surface area contributed by atoms with E-state index in [1.54, 1.807) is 0 Å². The van der Waals surface area contributed by atoms with Gasteiger partial charge in [0.1, 0.15) is 0 Å². The Morgan fingerprint density at radius 3 is 0.800 bits per heavy atom. The van der Waals surface area contributed by atoms with Gasteiger partial charge in [-0.1, -0.05) is 134 Å². The van der Waals surface area contributed by atoms with Crippen LogP contribution in [0.2, 0.25) is 0 Å². The zero-order valence-corrected chi connectivity index (χ0v) is 22.1. The molecule has 0 saturated heterocycles. The van der Waals surface area contributed by atoms with Crippen LogP contribution in [0.15, 0.2) is 121 Å². The third-order valence-corrected chi connectivity index (χ3v) is 14.5. The van der Waals surface area contributed by atoms with E-state index in [0.717, 1.165) is 21.2 Å². The van der Waals surface area contributed by atoms with Crippen LogP contribution < -0.4 is 50.8 Å². The van der Waals surface area contributed by atoms with E-state index >= 15 is 0 Å². The van der Waals surface area contributed by atoms with Crippen molar-refractivity contribution in [2.45, 2.75) is 0 Å². The van der Waals surface area contributed by atoms with E-state index in [2.05, 4.69) is 48.5 Å². The molecule has 0 unspecified atom stereocenters. The Bertz CT molecular complexity index is 989. The van der Waals surface area contributed by atoms with Crippen molar-refractivity contribution < 1.29 is 29.6 Å². The monoisotopic (exact) mass is 471 g/mol. The molecule has 0 bridgehead atoms. The van der Waals surface area contributed by atoms with E-state index < -0.39 is 12.4 Å². The van der Waals surface area contributed by atoms with E-state index in [0.29, 0.717) is 0 Å². The molecule has 0 N–H and O–H groups in total. The van der Waals surface area contributed by atoms with E-state index in [1.165, 1.54) is 0 Å². The van der Waals surface area contributed by atoms with Crippen molar-refractivity contribution >= 4 is 57.2 Å². The first-order chi connectivity index (χ1) is 14.1. The van der Waals surface area contributed by atoms with Gasteiger partial charge in [-0.25, -0.2) is 0 Å². The van der Waals surface area contributed by atoms with Crippen molar-refractivity contribution in [2.75, 3.05) is 0 Å². The summed E-state index contributed by atoms with van der Waals surface area (Å²) in [6.45, 7) is 0. The summed E-state index contributed by atoms with van der Waals surface area (Å²) in [5.74, 6) is 0. The minimum Gasteiger partial charge on any atom is -0.577 e. The molecule has 0 heterocycles. The Balaban J connectivity index is 0.00000256. The summed E-state index contributed by atoms with van der Waals surface area (Å²) in [5, 5.41) is 4.29. The average Bonchev–Trinajstić information content (AvgIpc) is 2.81. The van der Waals surface area contributed by atoms with Crippen LogP contribution in [-0.4, -0.2) is 0 Å². The molecule has 0 aliphatic heterocycles. The summed E-state index contributed by atoms with van der Waals surface area (Å²) in [6.07, 6.45) is -4.95. The Morgan fingerprint density at radius 1 is 0.400 bits per heavy atom. The zero-order valence-electron chi connectivity index (χ0n) is 16.7. The Hall–Kier alpha value is -0.860. The fourth-order valence-corrected chi connectivity index (χ4v) is 13.0. The number of benzene rings is 4. The zero-order chi connectivity index (χ0) is 20.2. The Morgan fingerprint density at radius 2 is 0.600 bits per heavy atom. The SMILES string of the molecule is S=P([N-]P(=S)(c1ccccc1)c1ccccc1)(c1ccccc1)c1ccccc1.[Na+]. The van der Waals surface area contributed by atoms with Crippen LogP contribution in [0, 0.1) is 0 Å². The molecule has 0 aromatic heterocycles. The predicted octanol–water partition coefficient (Wildman–Crippen LogP) is 2.46. The molecular weight excluding hydrogens is 451 g/mol. The molecule has 0 radical (unpaired) electrons. The molecule has 30 heavy (non-hydrogen) atoms. The van der Waals surface area contributed by atoms with Crippen LogP contribution in [0.5, 0.6) is 0 Å². The van der Waals surface area contributed by atoms with Gasteiger partial charge in [0.2, 0.25) is 0 Å². The van der Waals surface area contributed by atoms with Gasteiger partial charge < -0.3 is 4.86 Å². The third kappa shape index (κ3) is 4.96. The van der Waals surface area contributed by atoms with Crippen LogP contribution in [0.4, 0.5) is 0 Å². The summed E-state index contributed by atoms with van der Waals surface area (Å²) >= 11 is 12.8. The first kappa shape index (κ1) is 23.8. The minimum absolute atomic E-state index is 0. The van der Waals surface area contributed by atoms with Crippen molar-refractivity contribution in [3.05, 3.63) is 126 Å². The molecule has 0 amide bonds. The van der Waals surface area contributed by atoms with Crippen LogP contribution >= 0.6 is 12.4 Å². The Kier molecular flexibility index (Phi) is 8.44. The fraction of sp³-hybridized carbons (Fsp3) is 0. The maximum atomic E-state index is 6.39. The van der Waals surface area contributed by atoms with Gasteiger partial charge in [0.15, 0.2) is 0 Å². The van der Waals surface area contributed by atoms with Crippen molar-refractivity contribution in [2.24, 2.45) is 0 Å². The maximum Gasteiger partial charge on any atom is 1.00 e. The van der Waals surface area contributed by atoms with Crippen LogP contribution in [0.25, 0.3) is 4.86 Å². The van der Waals surface area contributed by atoms with Crippen molar-refractivity contribution in [3.8, 4) is 0 Å². The smallest absolute Gasteiger partial charge is 0.577 e. The molecule has 0 atom stereocenters. The van der Waals surface area contributed by atoms with Gasteiger partial charge in [-0.3, -0.25) is 0 Å². The number of hydrogen-bond acceptors (Lipinski definition) is 2. The Labute approximate surface area is 211 Å². The summed E-state index contributed by atoms with van der Waals surface area (Å²) in [6, 6.07) is 41.0. The van der Waals surface area contributed by atoms with E-state index in [1.807, 2.05) is 72.8 Å². The molecule has 4 aromatic rings. The topological polar surface area (TPSA) is 14.1 Å². The van der Waals surface area contributed by atoms with E-state index in [4.69, 9.17) is 28.5 Å². The molecule has 0 aliphatic carbocycles. The molecule has 6 heteroatoms. The van der Waals surface area contributed by atoms with Crippen LogP contribution in [0.3, 0.4) is 0 Å². The minimum atomic E-state index is -2.47. The third-order valence-electron chi connectivity index (χ3n) is 4.68. The van der Waals surface area contributed by atoms with Crippen LogP contribution in [-0.2, 0) is 23.6 Å². The standard InChI is InChI=1S/C24H20NP2S2.Na/c28-26(21-13-5-1-6-14-21,22-15-7-2-8-16-22)25-27(29,23-17-9-3-10-18-23)24-19-11-4-12-20-24;/h1-20H;/q-1;+1. The summed E-state index contributed by atoms with van der Waals surface area (Å²) in [5.41, 5.74) is 0. The molecule has 144 valence electrons. The molecule has 0 aliphatic rings. The second-order valence-electron chi connectivity index (χ2n) is 6.58.